The molecule has 7 N–H and O–H groups in total. The number of hydrogen-bond acceptors (Lipinski definition) is 17. The number of primary amides is 2. The smallest absolute Gasteiger partial charge is 0.372 e. The lowest BCUT2D eigenvalue weighted by molar-refractivity contribution is -0.148. The lowest BCUT2D eigenvalue weighted by Gasteiger charge is -2.58. The third kappa shape index (κ3) is 12.4. The van der Waals surface area contributed by atoms with Gasteiger partial charge in [0.15, 0.2) is 0 Å². The molecule has 2 aromatic carbocycles. The van der Waals surface area contributed by atoms with E-state index in [9.17, 15) is 28.8 Å². The number of anilines is 1. The number of rotatable bonds is 12. The van der Waals surface area contributed by atoms with Gasteiger partial charge in [-0.15, -0.1) is 22.7 Å². The van der Waals surface area contributed by atoms with E-state index in [0.717, 1.165) is 41.1 Å². The molecule has 0 unspecified atom stereocenters. The van der Waals surface area contributed by atoms with Crippen LogP contribution in [0.2, 0.25) is 0 Å². The number of amides is 4. The molecule has 428 valence electrons. The monoisotopic (exact) mass is 1140 g/mol. The average Bonchev–Trinajstić information content (AvgIpc) is 4.28. The predicted octanol–water partition coefficient (Wildman–Crippen LogP) is 7.10. The van der Waals surface area contributed by atoms with E-state index in [1.807, 2.05) is 11.3 Å². The number of nitrogens with zero attached hydrogens (tertiary/aromatic N) is 7. The number of carbonyl (C=O) groups excluding carboxylic acids is 5. The second kappa shape index (κ2) is 23.5. The lowest BCUT2D eigenvalue weighted by Crippen LogP contribution is -2.59. The first-order valence-electron chi connectivity index (χ1n) is 27.7. The Morgan fingerprint density at radius 2 is 1.25 bits per heavy atom. The largest absolute Gasteiger partial charge is 0.480 e. The van der Waals surface area contributed by atoms with Gasteiger partial charge in [0.2, 0.25) is 17.5 Å². The second-order valence-corrected chi connectivity index (χ2v) is 25.8. The second-order valence-electron chi connectivity index (χ2n) is 23.7. The number of Topliss-reactive ketones (excluding diaryl/α,β-unsaturated/α-hetero) is 1. The van der Waals surface area contributed by atoms with Crippen LogP contribution in [0.1, 0.15) is 137 Å². The number of piperidine rings is 2. The maximum absolute atomic E-state index is 13.5. The molecule has 4 atom stereocenters. The van der Waals surface area contributed by atoms with Gasteiger partial charge in [0.05, 0.1) is 62.6 Å². The van der Waals surface area contributed by atoms with E-state index in [0.29, 0.717) is 35.3 Å². The Bertz CT molecular complexity index is 3380. The topological polar surface area (TPSA) is 278 Å². The number of ketones is 1. The first kappa shape index (κ1) is 57.3. The fourth-order valence-electron chi connectivity index (χ4n) is 13.1. The summed E-state index contributed by atoms with van der Waals surface area (Å²) in [6.45, 7) is 11.0. The Morgan fingerprint density at radius 3 is 1.77 bits per heavy atom. The Balaban J connectivity index is 0.000000152. The van der Waals surface area contributed by atoms with Gasteiger partial charge in [-0.2, -0.15) is 0 Å². The third-order valence-electron chi connectivity index (χ3n) is 17.0. The van der Waals surface area contributed by atoms with E-state index < -0.39 is 35.4 Å². The zero-order valence-electron chi connectivity index (χ0n) is 46.7. The van der Waals surface area contributed by atoms with E-state index in [1.165, 1.54) is 129 Å². The van der Waals surface area contributed by atoms with Gasteiger partial charge in [0, 0.05) is 63.2 Å². The van der Waals surface area contributed by atoms with Crippen LogP contribution >= 0.6 is 22.7 Å². The van der Waals surface area contributed by atoms with Crippen molar-refractivity contribution in [3.05, 3.63) is 98.8 Å². The van der Waals surface area contributed by atoms with Crippen molar-refractivity contribution in [2.24, 2.45) is 34.1 Å². The van der Waals surface area contributed by atoms with Crippen LogP contribution in [0.25, 0.3) is 20.4 Å². The van der Waals surface area contributed by atoms with Gasteiger partial charge < -0.3 is 51.4 Å². The number of nitrogens with two attached hydrogens (primary N) is 2. The zero-order chi connectivity index (χ0) is 57.5. The van der Waals surface area contributed by atoms with E-state index in [2.05, 4.69) is 94.7 Å². The highest BCUT2D eigenvalue weighted by molar-refractivity contribution is 7.19. The van der Waals surface area contributed by atoms with E-state index in [1.54, 1.807) is 16.2 Å². The summed E-state index contributed by atoms with van der Waals surface area (Å²) in [5, 5.41) is 17.3. The molecule has 2 aliphatic carbocycles. The summed E-state index contributed by atoms with van der Waals surface area (Å²) in [5.74, 6) is -3.05. The van der Waals surface area contributed by atoms with Gasteiger partial charge >= 0.3 is 17.8 Å². The fourth-order valence-corrected chi connectivity index (χ4v) is 15.2. The van der Waals surface area contributed by atoms with Crippen molar-refractivity contribution in [1.29, 1.82) is 0 Å². The SMILES string of the molecule is COc1ncc(CC(=O)C(=O)O)cc1C(N)=O.COc1ncc(NC(=O)C(=O)N2C[C@@H](C)CC[C@@H]2c2ccc3sc(C4CC5(C4)CN(C)C5)nc3c2)cc1C(N)=O.C[C@H]1CC[C@H](c2ccc3sc(C4CC5(C4)CN(C)C5)nc3c2)NC1. The normalized spacial score (nSPS) is 22.8. The number of methoxy groups -OCH3 is 2. The highest BCUT2D eigenvalue weighted by Gasteiger charge is 2.53. The number of carboxylic acid groups (broad SMARTS) is 1. The third-order valence-corrected chi connectivity index (χ3v) is 19.3. The number of aromatic nitrogens is 4. The molecule has 12 rings (SSSR count). The molecule has 2 spiro atoms. The average molecular weight is 1140 g/mol. The first-order valence-corrected chi connectivity index (χ1v) is 29.3. The highest BCUT2D eigenvalue weighted by atomic mass is 32.1. The van der Waals surface area contributed by atoms with E-state index in [4.69, 9.17) is 36.0 Å². The number of nitrogens with one attached hydrogen (secondary N) is 2. The molecule has 0 bridgehead atoms. The molecule has 0 radical (unpaired) electrons. The number of hydrogen-bond donors (Lipinski definition) is 5. The molecule has 4 aliphatic heterocycles. The number of pyridine rings is 2. The van der Waals surface area contributed by atoms with Gasteiger partial charge in [-0.25, -0.2) is 24.7 Å². The summed E-state index contributed by atoms with van der Waals surface area (Å²) >= 11 is 3.70. The molecule has 4 amide bonds. The summed E-state index contributed by atoms with van der Waals surface area (Å²) in [7, 11) is 7.10. The summed E-state index contributed by atoms with van der Waals surface area (Å²) in [6, 6.07) is 16.2. The Hall–Kier alpha value is -6.98. The van der Waals surface area contributed by atoms with Crippen LogP contribution in [0, 0.1) is 22.7 Å². The molecule has 6 aromatic rings. The highest BCUT2D eigenvalue weighted by Crippen LogP contribution is 2.57. The molecular weight excluding hydrogens is 1070 g/mol. The molecule has 6 aliphatic rings. The van der Waals surface area contributed by atoms with Gasteiger partial charge in [0.1, 0.15) is 11.1 Å². The van der Waals surface area contributed by atoms with Crippen molar-refractivity contribution >= 4 is 84.2 Å². The van der Waals surface area contributed by atoms with Gasteiger partial charge in [-0.1, -0.05) is 26.0 Å². The molecule has 4 saturated heterocycles. The van der Waals surface area contributed by atoms with Crippen molar-refractivity contribution in [3.63, 3.8) is 0 Å². The van der Waals surface area contributed by atoms with Crippen LogP contribution in [0.15, 0.2) is 60.9 Å². The minimum atomic E-state index is -1.54. The minimum absolute atomic E-state index is 0.00295. The predicted molar refractivity (Wildman–Crippen MR) is 309 cm³/mol. The first-order chi connectivity index (χ1) is 38.7. The zero-order valence-corrected chi connectivity index (χ0v) is 48.3. The maximum atomic E-state index is 13.5. The van der Waals surface area contributed by atoms with Crippen molar-refractivity contribution in [2.75, 3.05) is 72.9 Å². The molecule has 4 aromatic heterocycles. The van der Waals surface area contributed by atoms with Crippen molar-refractivity contribution in [3.8, 4) is 11.8 Å². The van der Waals surface area contributed by atoms with Crippen LogP contribution in [-0.2, 0) is 25.6 Å². The number of carbonyl (C=O) groups is 6. The van der Waals surface area contributed by atoms with Crippen LogP contribution < -0.4 is 31.6 Å². The molecular formula is C59H71N11O9S2. The number of thiazole rings is 2. The summed E-state index contributed by atoms with van der Waals surface area (Å²) in [4.78, 5) is 95.0. The van der Waals surface area contributed by atoms with Gasteiger partial charge in [-0.05, 0) is 148 Å². The lowest BCUT2D eigenvalue weighted by atomic mass is 9.58. The minimum Gasteiger partial charge on any atom is -0.480 e. The number of aliphatic carboxylic acids is 1. The number of ether oxygens (including phenoxy) is 2. The summed E-state index contributed by atoms with van der Waals surface area (Å²) < 4.78 is 12.4. The van der Waals surface area contributed by atoms with Crippen molar-refractivity contribution in [2.45, 2.75) is 95.6 Å². The fraction of sp³-hybridized carbons (Fsp3) is 0.492. The Kier molecular flexibility index (Phi) is 16.6. The van der Waals surface area contributed by atoms with Gasteiger partial charge in [-0.3, -0.25) is 24.0 Å². The summed E-state index contributed by atoms with van der Waals surface area (Å²) in [5.41, 5.74) is 16.7. The maximum Gasteiger partial charge on any atom is 0.372 e. The number of benzene rings is 2. The van der Waals surface area contributed by atoms with Gasteiger partial charge in [0.25, 0.3) is 11.8 Å². The van der Waals surface area contributed by atoms with Crippen molar-refractivity contribution < 1.29 is 43.3 Å². The van der Waals surface area contributed by atoms with Crippen molar-refractivity contribution in [1.82, 2.24) is 40.0 Å². The molecule has 20 nitrogen and oxygen atoms in total. The van der Waals surface area contributed by atoms with Crippen LogP contribution in [0.3, 0.4) is 0 Å². The van der Waals surface area contributed by atoms with Crippen LogP contribution in [0.5, 0.6) is 11.8 Å². The molecule has 22 heteroatoms. The molecule has 8 heterocycles. The van der Waals surface area contributed by atoms with E-state index >= 15 is 0 Å². The van der Waals surface area contributed by atoms with Crippen LogP contribution in [-0.4, -0.2) is 143 Å². The number of fused-ring (bicyclic) bond motifs is 2. The Morgan fingerprint density at radius 1 is 0.716 bits per heavy atom. The molecule has 2 saturated carbocycles. The summed E-state index contributed by atoms with van der Waals surface area (Å²) in [6.07, 6.45) is 11.7. The quantitative estimate of drug-likeness (QED) is 0.0764. The number of likely N-dealkylation sites (tertiary alicyclic amines) is 3. The molecule has 6 fully saturated rings. The Labute approximate surface area is 478 Å². The van der Waals surface area contributed by atoms with E-state index in [-0.39, 0.29) is 52.5 Å². The van der Waals surface area contributed by atoms with Crippen LogP contribution in [0.4, 0.5) is 5.69 Å². The number of carboxylic acids is 1. The standard InChI is InChI=1S/C29H34N6O4S.C20H27N3S.C10H10N2O5/c1-16-4-6-22(35(13-16)28(38)25(37)32-19-9-20(24(30)36)26(39-3)31-12-19)17-5-7-23-21(8-17)33-27(40-23)18-10-29(11-18)14-34(2)15-29;1-13-3-5-16(21-10-13)14-4-6-18-17(7-14)22-19(24-18)15-8-20(9-15)11-23(2)12-20;1-17-9-6(8(11)14)2-5(4-12-9)3-7(13)10(15)16/h5,7-9,12,16,18,22H,4,6,10-11,13-15H2,1-3H3,(H2,30,36)(H,32,37);4,6-7,13,15-16,21H,3,5,8-12H2,1-2H3;2,4H,3H2,1H3,(H2,11,14)(H,15,16)/t16-,22+;13-,16+;/m00./s1. The molecule has 81 heavy (non-hydrogen) atoms.